The summed E-state index contributed by atoms with van der Waals surface area (Å²) in [4.78, 5) is 11.5. The van der Waals surface area contributed by atoms with Gasteiger partial charge in [0.2, 0.25) is 5.91 Å². The molecule has 2 rings (SSSR count). The van der Waals surface area contributed by atoms with Crippen LogP contribution < -0.4 is 10.6 Å². The van der Waals surface area contributed by atoms with Crippen LogP contribution in [0.5, 0.6) is 0 Å². The van der Waals surface area contributed by atoms with Gasteiger partial charge in [0, 0.05) is 31.2 Å². The first kappa shape index (κ1) is 11.9. The molecule has 0 aromatic rings. The summed E-state index contributed by atoms with van der Waals surface area (Å²) in [5.74, 6) is 0.171. The van der Waals surface area contributed by atoms with Crippen molar-refractivity contribution in [1.82, 2.24) is 10.6 Å². The first-order valence-electron chi connectivity index (χ1n) is 6.26. The van der Waals surface area contributed by atoms with Gasteiger partial charge in [0.15, 0.2) is 0 Å². The summed E-state index contributed by atoms with van der Waals surface area (Å²) in [7, 11) is 0. The molecule has 2 aliphatic rings. The van der Waals surface area contributed by atoms with Gasteiger partial charge in [-0.2, -0.15) is 0 Å². The maximum Gasteiger partial charge on any atom is 0.221 e. The maximum absolute atomic E-state index is 11.5. The maximum atomic E-state index is 11.5. The molecule has 16 heavy (non-hydrogen) atoms. The smallest absolute Gasteiger partial charge is 0.221 e. The van der Waals surface area contributed by atoms with Gasteiger partial charge in [0.25, 0.3) is 0 Å². The highest BCUT2D eigenvalue weighted by Gasteiger charge is 2.36. The van der Waals surface area contributed by atoms with Crippen molar-refractivity contribution in [2.45, 2.75) is 57.2 Å². The number of rotatable bonds is 5. The normalized spacial score (nSPS) is 34.0. The van der Waals surface area contributed by atoms with Crippen molar-refractivity contribution in [1.29, 1.82) is 0 Å². The number of hydrogen-bond donors (Lipinski definition) is 2. The summed E-state index contributed by atoms with van der Waals surface area (Å²) in [6.45, 7) is 5.81. The lowest BCUT2D eigenvalue weighted by atomic mass is 9.94. The number of ether oxygens (including phenoxy) is 1. The SMILES string of the molecule is CC1OCCC1(C)NCCC(=O)NC1CC1. The van der Waals surface area contributed by atoms with Crippen molar-refractivity contribution in [3.05, 3.63) is 0 Å². The Balaban J connectivity index is 1.64. The minimum Gasteiger partial charge on any atom is -0.377 e. The van der Waals surface area contributed by atoms with Crippen molar-refractivity contribution >= 4 is 5.91 Å². The molecule has 0 aromatic carbocycles. The third-order valence-electron chi connectivity index (χ3n) is 3.71. The molecule has 1 aliphatic heterocycles. The third-order valence-corrected chi connectivity index (χ3v) is 3.71. The Morgan fingerprint density at radius 3 is 2.81 bits per heavy atom. The van der Waals surface area contributed by atoms with Gasteiger partial charge in [-0.25, -0.2) is 0 Å². The van der Waals surface area contributed by atoms with E-state index in [0.717, 1.165) is 32.4 Å². The molecular formula is C12H22N2O2. The zero-order chi connectivity index (χ0) is 11.6. The van der Waals surface area contributed by atoms with Gasteiger partial charge >= 0.3 is 0 Å². The second kappa shape index (κ2) is 4.72. The molecule has 2 N–H and O–H groups in total. The summed E-state index contributed by atoms with van der Waals surface area (Å²) in [6.07, 6.45) is 4.14. The lowest BCUT2D eigenvalue weighted by Gasteiger charge is -2.28. The molecule has 1 amide bonds. The second-order valence-electron chi connectivity index (χ2n) is 5.20. The van der Waals surface area contributed by atoms with Crippen molar-refractivity contribution < 1.29 is 9.53 Å². The van der Waals surface area contributed by atoms with Crippen LogP contribution in [0, 0.1) is 0 Å². The van der Waals surface area contributed by atoms with Gasteiger partial charge in [-0.05, 0) is 33.1 Å². The van der Waals surface area contributed by atoms with Crippen LogP contribution in [0.1, 0.15) is 39.5 Å². The van der Waals surface area contributed by atoms with Crippen LogP contribution in [-0.2, 0) is 9.53 Å². The molecule has 4 heteroatoms. The quantitative estimate of drug-likeness (QED) is 0.729. The van der Waals surface area contributed by atoms with E-state index in [1.54, 1.807) is 0 Å². The average molecular weight is 226 g/mol. The fourth-order valence-electron chi connectivity index (χ4n) is 2.06. The minimum atomic E-state index is 0.0415. The van der Waals surface area contributed by atoms with Crippen LogP contribution in [-0.4, -0.2) is 36.7 Å². The van der Waals surface area contributed by atoms with Crippen LogP contribution in [0.3, 0.4) is 0 Å². The highest BCUT2D eigenvalue weighted by Crippen LogP contribution is 2.24. The summed E-state index contributed by atoms with van der Waals surface area (Å²) in [5, 5.41) is 6.44. The largest absolute Gasteiger partial charge is 0.377 e. The molecule has 2 unspecified atom stereocenters. The van der Waals surface area contributed by atoms with E-state index in [9.17, 15) is 4.79 Å². The van der Waals surface area contributed by atoms with E-state index in [-0.39, 0.29) is 17.6 Å². The van der Waals surface area contributed by atoms with Crippen molar-refractivity contribution in [2.24, 2.45) is 0 Å². The van der Waals surface area contributed by atoms with Crippen LogP contribution in [0.4, 0.5) is 0 Å². The van der Waals surface area contributed by atoms with Crippen LogP contribution in [0.15, 0.2) is 0 Å². The Kier molecular flexibility index (Phi) is 3.50. The van der Waals surface area contributed by atoms with Crippen molar-refractivity contribution in [3.8, 4) is 0 Å². The van der Waals surface area contributed by atoms with E-state index < -0.39 is 0 Å². The fraction of sp³-hybridized carbons (Fsp3) is 0.917. The Labute approximate surface area is 97.1 Å². The van der Waals surface area contributed by atoms with Crippen LogP contribution in [0.25, 0.3) is 0 Å². The minimum absolute atomic E-state index is 0.0415. The Bertz CT molecular complexity index is 266. The topological polar surface area (TPSA) is 50.4 Å². The predicted octanol–water partition coefficient (Wildman–Crippen LogP) is 0.812. The Morgan fingerprint density at radius 2 is 2.25 bits per heavy atom. The molecule has 4 nitrogen and oxygen atoms in total. The zero-order valence-corrected chi connectivity index (χ0v) is 10.2. The molecule has 0 aromatic heterocycles. The molecule has 1 aliphatic carbocycles. The van der Waals surface area contributed by atoms with E-state index in [0.29, 0.717) is 12.5 Å². The average Bonchev–Trinajstić information content (AvgIpc) is 2.95. The highest BCUT2D eigenvalue weighted by atomic mass is 16.5. The van der Waals surface area contributed by atoms with Crippen LogP contribution in [0.2, 0.25) is 0 Å². The number of carbonyl (C=O) groups excluding carboxylic acids is 1. The van der Waals surface area contributed by atoms with E-state index in [2.05, 4.69) is 24.5 Å². The first-order chi connectivity index (χ1) is 7.60. The van der Waals surface area contributed by atoms with Gasteiger partial charge in [0.05, 0.1) is 6.10 Å². The Hall–Kier alpha value is -0.610. The van der Waals surface area contributed by atoms with Gasteiger partial charge in [-0.15, -0.1) is 0 Å². The molecule has 0 bridgehead atoms. The monoisotopic (exact) mass is 226 g/mol. The number of carbonyl (C=O) groups is 1. The Morgan fingerprint density at radius 1 is 1.50 bits per heavy atom. The molecule has 0 spiro atoms. The zero-order valence-electron chi connectivity index (χ0n) is 10.2. The molecule has 1 saturated heterocycles. The first-order valence-corrected chi connectivity index (χ1v) is 6.26. The summed E-state index contributed by atoms with van der Waals surface area (Å²) in [5.41, 5.74) is 0.0415. The molecular weight excluding hydrogens is 204 g/mol. The number of nitrogens with one attached hydrogen (secondary N) is 2. The van der Waals surface area contributed by atoms with Crippen molar-refractivity contribution in [3.63, 3.8) is 0 Å². The third kappa shape index (κ3) is 2.95. The van der Waals surface area contributed by atoms with Gasteiger partial charge in [-0.1, -0.05) is 0 Å². The standard InChI is InChI=1S/C12H22N2O2/c1-9-12(2,6-8-16-9)13-7-5-11(15)14-10-3-4-10/h9-10,13H,3-8H2,1-2H3,(H,14,15). The van der Waals surface area contributed by atoms with E-state index >= 15 is 0 Å². The second-order valence-corrected chi connectivity index (χ2v) is 5.20. The molecule has 2 atom stereocenters. The summed E-state index contributed by atoms with van der Waals surface area (Å²) >= 11 is 0. The van der Waals surface area contributed by atoms with E-state index in [1.807, 2.05) is 0 Å². The predicted molar refractivity (Wildman–Crippen MR) is 62.2 cm³/mol. The highest BCUT2D eigenvalue weighted by molar-refractivity contribution is 5.76. The van der Waals surface area contributed by atoms with Crippen molar-refractivity contribution in [2.75, 3.05) is 13.2 Å². The summed E-state index contributed by atoms with van der Waals surface area (Å²) < 4.78 is 5.54. The molecule has 0 radical (unpaired) electrons. The van der Waals surface area contributed by atoms with E-state index in [1.165, 1.54) is 0 Å². The molecule has 92 valence electrons. The summed E-state index contributed by atoms with van der Waals surface area (Å²) in [6, 6.07) is 0.469. The number of hydrogen-bond acceptors (Lipinski definition) is 3. The van der Waals surface area contributed by atoms with E-state index in [4.69, 9.17) is 4.74 Å². The lowest BCUT2D eigenvalue weighted by molar-refractivity contribution is -0.121. The molecule has 1 heterocycles. The lowest BCUT2D eigenvalue weighted by Crippen LogP contribution is -2.48. The van der Waals surface area contributed by atoms with Gasteiger partial charge in [0.1, 0.15) is 0 Å². The van der Waals surface area contributed by atoms with Crippen LogP contribution >= 0.6 is 0 Å². The fourth-order valence-corrected chi connectivity index (χ4v) is 2.06. The molecule has 1 saturated carbocycles. The molecule has 2 fully saturated rings. The van der Waals surface area contributed by atoms with Gasteiger partial charge < -0.3 is 15.4 Å². The number of amides is 1. The van der Waals surface area contributed by atoms with Gasteiger partial charge in [-0.3, -0.25) is 4.79 Å².